The summed E-state index contributed by atoms with van der Waals surface area (Å²) in [4.78, 5) is 34.4. The first-order chi connectivity index (χ1) is 17.6. The van der Waals surface area contributed by atoms with Gasteiger partial charge in [0.1, 0.15) is 5.75 Å². The van der Waals surface area contributed by atoms with Crippen LogP contribution in [0.4, 0.5) is 0 Å². The van der Waals surface area contributed by atoms with E-state index in [0.29, 0.717) is 26.2 Å². The maximum atomic E-state index is 13.5. The lowest BCUT2D eigenvalue weighted by molar-refractivity contribution is -0.139. The Bertz CT molecular complexity index is 1170. The molecule has 2 aliphatic rings. The number of pyridine rings is 1. The van der Waals surface area contributed by atoms with Crippen LogP contribution < -0.4 is 4.74 Å². The van der Waals surface area contributed by atoms with Gasteiger partial charge in [0, 0.05) is 37.9 Å². The zero-order chi connectivity index (χ0) is 24.9. The monoisotopic (exact) mass is 485 g/mol. The van der Waals surface area contributed by atoms with E-state index in [4.69, 9.17) is 9.47 Å². The quantitative estimate of drug-likeness (QED) is 0.487. The number of amides is 2. The van der Waals surface area contributed by atoms with Gasteiger partial charge in [-0.1, -0.05) is 48.5 Å². The first-order valence-electron chi connectivity index (χ1n) is 12.4. The van der Waals surface area contributed by atoms with Crippen molar-refractivity contribution in [1.82, 2.24) is 14.8 Å². The van der Waals surface area contributed by atoms with Gasteiger partial charge in [0.25, 0.3) is 0 Å². The zero-order valence-corrected chi connectivity index (χ0v) is 20.5. The predicted octanol–water partition coefficient (Wildman–Crippen LogP) is 3.65. The van der Waals surface area contributed by atoms with Crippen molar-refractivity contribution >= 4 is 11.8 Å². The Morgan fingerprint density at radius 1 is 1.00 bits per heavy atom. The first kappa shape index (κ1) is 24.0. The molecule has 1 aliphatic heterocycles. The smallest absolute Gasteiger partial charge is 0.242 e. The largest absolute Gasteiger partial charge is 0.497 e. The van der Waals surface area contributed by atoms with E-state index in [0.717, 1.165) is 23.3 Å². The van der Waals surface area contributed by atoms with Crippen LogP contribution >= 0.6 is 0 Å². The summed E-state index contributed by atoms with van der Waals surface area (Å²) < 4.78 is 11.5. The molecule has 1 saturated carbocycles. The fraction of sp³-hybridized carbons (Fsp3) is 0.345. The summed E-state index contributed by atoms with van der Waals surface area (Å²) >= 11 is 0. The Balaban J connectivity index is 1.30. The van der Waals surface area contributed by atoms with Crippen LogP contribution in [0.25, 0.3) is 0 Å². The van der Waals surface area contributed by atoms with E-state index in [2.05, 4.69) is 17.1 Å². The fourth-order valence-corrected chi connectivity index (χ4v) is 4.82. The molecule has 1 saturated heterocycles. The molecule has 2 fully saturated rings. The van der Waals surface area contributed by atoms with Crippen LogP contribution in [0.1, 0.15) is 29.0 Å². The summed E-state index contributed by atoms with van der Waals surface area (Å²) in [5.74, 6) is 0.893. The number of carbonyl (C=O) groups is 2. The van der Waals surface area contributed by atoms with Crippen molar-refractivity contribution in [3.63, 3.8) is 0 Å². The highest BCUT2D eigenvalue weighted by Crippen LogP contribution is 2.48. The van der Waals surface area contributed by atoms with Crippen LogP contribution in [0.15, 0.2) is 79.1 Å². The van der Waals surface area contributed by atoms with Gasteiger partial charge in [-0.05, 0) is 47.2 Å². The Morgan fingerprint density at radius 3 is 2.53 bits per heavy atom. The number of carbonyl (C=O) groups excluding carboxylic acids is 2. The van der Waals surface area contributed by atoms with Crippen LogP contribution in [-0.4, -0.2) is 59.4 Å². The second-order valence-corrected chi connectivity index (χ2v) is 9.49. The molecule has 0 radical (unpaired) electrons. The van der Waals surface area contributed by atoms with Crippen molar-refractivity contribution in [3.05, 3.63) is 95.8 Å². The summed E-state index contributed by atoms with van der Waals surface area (Å²) in [7, 11) is 1.63. The minimum absolute atomic E-state index is 0.0403. The van der Waals surface area contributed by atoms with Crippen LogP contribution in [0.3, 0.4) is 0 Å². The van der Waals surface area contributed by atoms with Gasteiger partial charge in [-0.2, -0.15) is 0 Å². The molecule has 7 nitrogen and oxygen atoms in total. The van der Waals surface area contributed by atoms with Gasteiger partial charge in [-0.3, -0.25) is 14.6 Å². The van der Waals surface area contributed by atoms with Crippen LogP contribution in [0, 0.1) is 5.92 Å². The highest BCUT2D eigenvalue weighted by Gasteiger charge is 2.47. The number of nitrogens with zero attached hydrogens (tertiary/aromatic N) is 3. The highest BCUT2D eigenvalue weighted by atomic mass is 16.5. The normalized spacial score (nSPS) is 21.7. The van der Waals surface area contributed by atoms with Crippen molar-refractivity contribution in [2.45, 2.75) is 31.6 Å². The van der Waals surface area contributed by atoms with Crippen molar-refractivity contribution in [3.8, 4) is 5.75 Å². The Hall–Kier alpha value is -3.71. The van der Waals surface area contributed by atoms with Crippen LogP contribution in [-0.2, 0) is 27.5 Å². The zero-order valence-electron chi connectivity index (χ0n) is 20.5. The van der Waals surface area contributed by atoms with Gasteiger partial charge in [0.2, 0.25) is 11.8 Å². The first-order valence-corrected chi connectivity index (χ1v) is 12.4. The van der Waals surface area contributed by atoms with Gasteiger partial charge in [0.15, 0.2) is 0 Å². The van der Waals surface area contributed by atoms with E-state index >= 15 is 0 Å². The van der Waals surface area contributed by atoms with E-state index in [1.165, 1.54) is 5.56 Å². The molecule has 1 unspecified atom stereocenters. The van der Waals surface area contributed by atoms with E-state index in [1.54, 1.807) is 29.3 Å². The number of benzene rings is 2. The molecule has 3 aromatic rings. The molecule has 1 aromatic heterocycles. The van der Waals surface area contributed by atoms with Gasteiger partial charge >= 0.3 is 0 Å². The lowest BCUT2D eigenvalue weighted by Crippen LogP contribution is -2.40. The minimum Gasteiger partial charge on any atom is -0.497 e. The molecule has 5 rings (SSSR count). The maximum Gasteiger partial charge on any atom is 0.242 e. The predicted molar refractivity (Wildman–Crippen MR) is 135 cm³/mol. The van der Waals surface area contributed by atoms with Gasteiger partial charge in [-0.25, -0.2) is 0 Å². The molecule has 2 aromatic carbocycles. The Labute approximate surface area is 211 Å². The van der Waals surface area contributed by atoms with E-state index < -0.39 is 0 Å². The molecule has 1 aliphatic carbocycles. The number of ether oxygens (including phenoxy) is 2. The maximum absolute atomic E-state index is 13.5. The van der Waals surface area contributed by atoms with Crippen molar-refractivity contribution in [2.75, 3.05) is 26.7 Å². The lowest BCUT2D eigenvalue weighted by Gasteiger charge is -2.25. The molecule has 36 heavy (non-hydrogen) atoms. The number of aromatic nitrogens is 1. The van der Waals surface area contributed by atoms with Crippen LogP contribution in [0.2, 0.25) is 0 Å². The topological polar surface area (TPSA) is 72.0 Å². The molecule has 0 spiro atoms. The summed E-state index contributed by atoms with van der Waals surface area (Å²) in [6.07, 6.45) is 4.02. The third kappa shape index (κ3) is 5.74. The highest BCUT2D eigenvalue weighted by molar-refractivity contribution is 5.88. The summed E-state index contributed by atoms with van der Waals surface area (Å²) in [5.41, 5.74) is 3.14. The minimum atomic E-state index is -0.298. The standard InChI is InChI=1S/C29H31N3O4/c1-35-24-11-9-21(10-12-24)16-31-17-25(36-20-22-6-5-13-30-15-22)18-32(19-28(31)33)29(34)27-14-26(27)23-7-3-2-4-8-23/h2-13,15,25-27H,14,16-20H2,1H3/t25?,26-,27+/m0/s1. The summed E-state index contributed by atoms with van der Waals surface area (Å²) in [5, 5.41) is 0. The van der Waals surface area contributed by atoms with Crippen molar-refractivity contribution in [1.29, 1.82) is 0 Å². The van der Waals surface area contributed by atoms with Gasteiger partial charge in [-0.15, -0.1) is 0 Å². The molecule has 2 heterocycles. The molecule has 3 atom stereocenters. The molecular weight excluding hydrogens is 454 g/mol. The molecule has 2 amide bonds. The molecule has 0 N–H and O–H groups in total. The second kappa shape index (κ2) is 10.9. The van der Waals surface area contributed by atoms with Crippen LogP contribution in [0.5, 0.6) is 5.75 Å². The Kier molecular flexibility index (Phi) is 7.28. The molecule has 7 heteroatoms. The van der Waals surface area contributed by atoms with E-state index in [9.17, 15) is 9.59 Å². The third-order valence-electron chi connectivity index (χ3n) is 6.91. The number of methoxy groups -OCH3 is 1. The van der Waals surface area contributed by atoms with Gasteiger partial charge in [0.05, 0.1) is 26.4 Å². The summed E-state index contributed by atoms with van der Waals surface area (Å²) in [6.45, 7) is 1.71. The van der Waals surface area contributed by atoms with Gasteiger partial charge < -0.3 is 19.3 Å². The average molecular weight is 486 g/mol. The molecule has 0 bridgehead atoms. The van der Waals surface area contributed by atoms with E-state index in [-0.39, 0.29) is 36.3 Å². The molecule has 186 valence electrons. The third-order valence-corrected chi connectivity index (χ3v) is 6.91. The number of hydrogen-bond donors (Lipinski definition) is 0. The van der Waals surface area contributed by atoms with Crippen molar-refractivity contribution in [2.24, 2.45) is 5.92 Å². The number of rotatable bonds is 8. The van der Waals surface area contributed by atoms with Crippen molar-refractivity contribution < 1.29 is 19.1 Å². The van der Waals surface area contributed by atoms with E-state index in [1.807, 2.05) is 54.6 Å². The second-order valence-electron chi connectivity index (χ2n) is 9.49. The molecular formula is C29H31N3O4. The summed E-state index contributed by atoms with van der Waals surface area (Å²) in [6, 6.07) is 21.7. The Morgan fingerprint density at radius 2 is 1.81 bits per heavy atom. The number of hydrogen-bond acceptors (Lipinski definition) is 5. The fourth-order valence-electron chi connectivity index (χ4n) is 4.82. The lowest BCUT2D eigenvalue weighted by atomic mass is 10.1. The average Bonchev–Trinajstić information content (AvgIpc) is 3.74. The SMILES string of the molecule is COc1ccc(CN2CC(OCc3cccnc3)CN(C(=O)[C@@H]3C[C@H]3c3ccccc3)CC2=O)cc1.